The van der Waals surface area contributed by atoms with Crippen LogP contribution in [-0.2, 0) is 14.8 Å². The van der Waals surface area contributed by atoms with E-state index in [4.69, 9.17) is 5.73 Å². The normalized spacial score (nSPS) is 23.5. The van der Waals surface area contributed by atoms with E-state index in [1.54, 1.807) is 37.2 Å². The fourth-order valence-electron chi connectivity index (χ4n) is 4.99. The number of hydrogen-bond acceptors (Lipinski definition) is 8. The van der Waals surface area contributed by atoms with Gasteiger partial charge in [-0.3, -0.25) is 4.79 Å². The fourth-order valence-corrected chi connectivity index (χ4v) is 6.41. The summed E-state index contributed by atoms with van der Waals surface area (Å²) in [5.41, 5.74) is 6.90. The van der Waals surface area contributed by atoms with Gasteiger partial charge in [0.1, 0.15) is 12.7 Å². The van der Waals surface area contributed by atoms with Crippen molar-refractivity contribution in [1.29, 1.82) is 0 Å². The number of sulfonamides is 1. The number of hydrogen-bond donors (Lipinski definition) is 2. The van der Waals surface area contributed by atoms with Crippen molar-refractivity contribution in [3.05, 3.63) is 42.6 Å². The Morgan fingerprint density at radius 2 is 1.97 bits per heavy atom. The molecule has 0 aliphatic heterocycles. The van der Waals surface area contributed by atoms with E-state index >= 15 is 0 Å². The highest BCUT2D eigenvalue weighted by molar-refractivity contribution is 7.89. The van der Waals surface area contributed by atoms with Crippen LogP contribution in [0.3, 0.4) is 0 Å². The monoisotopic (exact) mass is 468 g/mol. The quantitative estimate of drug-likeness (QED) is 0.542. The van der Waals surface area contributed by atoms with Gasteiger partial charge in [0.25, 0.3) is 0 Å². The molecule has 3 fully saturated rings. The molecule has 2 bridgehead atoms. The van der Waals surface area contributed by atoms with Crippen molar-refractivity contribution in [3.63, 3.8) is 0 Å². The second-order valence-electron chi connectivity index (χ2n) is 9.18. The third-order valence-electron chi connectivity index (χ3n) is 6.45. The molecular formula is C21H24N8O3S. The minimum atomic E-state index is -3.80. The highest BCUT2D eigenvalue weighted by atomic mass is 32.2. The molecule has 12 heteroatoms. The number of aromatic nitrogens is 5. The molecule has 11 nitrogen and oxygen atoms in total. The second-order valence-corrected chi connectivity index (χ2v) is 10.9. The molecule has 0 atom stereocenters. The highest BCUT2D eigenvalue weighted by Crippen LogP contribution is 2.68. The van der Waals surface area contributed by atoms with Crippen LogP contribution in [0.1, 0.15) is 24.8 Å². The zero-order valence-corrected chi connectivity index (χ0v) is 19.3. The summed E-state index contributed by atoms with van der Waals surface area (Å²) in [4.78, 5) is 26.7. The Kier molecular flexibility index (Phi) is 4.59. The van der Waals surface area contributed by atoms with Crippen LogP contribution >= 0.6 is 0 Å². The average molecular weight is 469 g/mol. The van der Waals surface area contributed by atoms with Gasteiger partial charge in [0, 0.05) is 25.2 Å². The summed E-state index contributed by atoms with van der Waals surface area (Å²) in [6.45, 7) is 1.87. The van der Waals surface area contributed by atoms with Gasteiger partial charge in [0.2, 0.25) is 15.9 Å². The van der Waals surface area contributed by atoms with E-state index in [1.807, 2.05) is 6.92 Å². The van der Waals surface area contributed by atoms with Crippen molar-refractivity contribution in [1.82, 2.24) is 34.4 Å². The van der Waals surface area contributed by atoms with Crippen molar-refractivity contribution in [2.24, 2.45) is 5.41 Å². The Morgan fingerprint density at radius 3 is 2.61 bits per heavy atom. The molecule has 3 N–H and O–H groups in total. The third kappa shape index (κ3) is 3.37. The number of carbonyl (C=O) groups excluding carboxylic acids is 1. The lowest BCUT2D eigenvalue weighted by Gasteiger charge is -2.69. The molecule has 3 aromatic rings. The standard InChI is InChI=1S/C21H24N8O3S/c1-13-4-5-14(33(31,32)27-21-8-20(9-21,10-21)19(30)28(2)3)6-15(13)16-7-24-17(22)18(26-16)29-12-23-11-25-29/h4-7,11-12,27H,8-10H2,1-3H3,(H2,22,24). The summed E-state index contributed by atoms with van der Waals surface area (Å²) >= 11 is 0. The molecule has 0 saturated heterocycles. The number of carbonyl (C=O) groups is 1. The van der Waals surface area contributed by atoms with Crippen LogP contribution in [0.5, 0.6) is 0 Å². The molecule has 2 heterocycles. The summed E-state index contributed by atoms with van der Waals surface area (Å²) in [6.07, 6.45) is 5.90. The van der Waals surface area contributed by atoms with Crippen LogP contribution < -0.4 is 10.5 Å². The lowest BCUT2D eigenvalue weighted by atomic mass is 9.39. The first kappa shape index (κ1) is 21.5. The maximum absolute atomic E-state index is 13.2. The van der Waals surface area contributed by atoms with Crippen molar-refractivity contribution in [2.45, 2.75) is 36.6 Å². The molecule has 6 rings (SSSR count). The molecule has 3 aliphatic rings. The van der Waals surface area contributed by atoms with Crippen LogP contribution in [-0.4, -0.2) is 63.6 Å². The number of nitrogens with two attached hydrogens (primary N) is 1. The second kappa shape index (κ2) is 7.06. The topological polar surface area (TPSA) is 149 Å². The zero-order chi connectivity index (χ0) is 23.6. The predicted molar refractivity (Wildman–Crippen MR) is 120 cm³/mol. The van der Waals surface area contributed by atoms with E-state index in [1.165, 1.54) is 23.5 Å². The summed E-state index contributed by atoms with van der Waals surface area (Å²) < 4.78 is 30.6. The predicted octanol–water partition coefficient (Wildman–Crippen LogP) is 0.904. The first-order valence-corrected chi connectivity index (χ1v) is 11.9. The van der Waals surface area contributed by atoms with E-state index in [9.17, 15) is 13.2 Å². The maximum Gasteiger partial charge on any atom is 0.241 e. The first-order chi connectivity index (χ1) is 15.5. The Balaban J connectivity index is 1.42. The van der Waals surface area contributed by atoms with Crippen LogP contribution in [0.25, 0.3) is 17.1 Å². The summed E-state index contributed by atoms with van der Waals surface area (Å²) in [6, 6.07) is 4.88. The molecular weight excluding hydrogens is 444 g/mol. The fraction of sp³-hybridized carbons (Fsp3) is 0.381. The number of aryl methyl sites for hydroxylation is 1. The smallest absolute Gasteiger partial charge is 0.241 e. The maximum atomic E-state index is 13.2. The Bertz CT molecular complexity index is 1350. The number of nitrogens with zero attached hydrogens (tertiary/aromatic N) is 6. The van der Waals surface area contributed by atoms with E-state index in [2.05, 4.69) is 24.8 Å². The number of anilines is 1. The van der Waals surface area contributed by atoms with Gasteiger partial charge in [-0.1, -0.05) is 6.07 Å². The number of rotatable bonds is 6. The lowest BCUT2D eigenvalue weighted by molar-refractivity contribution is -0.184. The van der Waals surface area contributed by atoms with E-state index in [0.29, 0.717) is 36.3 Å². The minimum absolute atomic E-state index is 0.0614. The van der Waals surface area contributed by atoms with Gasteiger partial charge in [0.15, 0.2) is 11.6 Å². The molecule has 3 aliphatic carbocycles. The Labute approximate surface area is 191 Å². The molecule has 1 amide bonds. The number of amides is 1. The minimum Gasteiger partial charge on any atom is -0.381 e. The first-order valence-electron chi connectivity index (χ1n) is 10.4. The van der Waals surface area contributed by atoms with Crippen molar-refractivity contribution >= 4 is 21.7 Å². The van der Waals surface area contributed by atoms with Gasteiger partial charge >= 0.3 is 0 Å². The molecule has 172 valence electrons. The summed E-state index contributed by atoms with van der Waals surface area (Å²) in [5, 5.41) is 4.04. The molecule has 1 aromatic carbocycles. The van der Waals surface area contributed by atoms with Crippen molar-refractivity contribution in [3.8, 4) is 17.1 Å². The van der Waals surface area contributed by atoms with Gasteiger partial charge in [0.05, 0.1) is 22.2 Å². The van der Waals surface area contributed by atoms with Crippen LogP contribution in [0.4, 0.5) is 5.82 Å². The molecule has 0 radical (unpaired) electrons. The van der Waals surface area contributed by atoms with Gasteiger partial charge in [-0.05, 0) is 43.9 Å². The van der Waals surface area contributed by atoms with Crippen molar-refractivity contribution in [2.75, 3.05) is 19.8 Å². The van der Waals surface area contributed by atoms with Crippen LogP contribution in [0.15, 0.2) is 41.9 Å². The highest BCUT2D eigenvalue weighted by Gasteiger charge is 2.72. The van der Waals surface area contributed by atoms with E-state index < -0.39 is 21.0 Å². The van der Waals surface area contributed by atoms with Crippen LogP contribution in [0, 0.1) is 12.3 Å². The molecule has 2 aromatic heterocycles. The van der Waals surface area contributed by atoms with Gasteiger partial charge in [-0.25, -0.2) is 28.1 Å². The average Bonchev–Trinajstić information content (AvgIpc) is 3.24. The number of nitrogen functional groups attached to an aromatic ring is 1. The van der Waals surface area contributed by atoms with E-state index in [-0.39, 0.29) is 16.6 Å². The summed E-state index contributed by atoms with van der Waals surface area (Å²) in [5.74, 6) is 0.545. The molecule has 3 saturated carbocycles. The number of benzene rings is 1. The molecule has 0 spiro atoms. The summed E-state index contributed by atoms with van der Waals surface area (Å²) in [7, 11) is -0.350. The lowest BCUT2D eigenvalue weighted by Crippen LogP contribution is -2.78. The zero-order valence-electron chi connectivity index (χ0n) is 18.5. The Hall–Kier alpha value is -3.38. The third-order valence-corrected chi connectivity index (χ3v) is 8.03. The van der Waals surface area contributed by atoms with Gasteiger partial charge in [-0.2, -0.15) is 9.78 Å². The van der Waals surface area contributed by atoms with Gasteiger partial charge < -0.3 is 10.6 Å². The van der Waals surface area contributed by atoms with Crippen molar-refractivity contribution < 1.29 is 13.2 Å². The number of nitrogens with one attached hydrogen (secondary N) is 1. The van der Waals surface area contributed by atoms with Crippen LogP contribution in [0.2, 0.25) is 0 Å². The van der Waals surface area contributed by atoms with E-state index in [0.717, 1.165) is 5.56 Å². The molecule has 0 unspecified atom stereocenters. The Morgan fingerprint density at radius 1 is 1.24 bits per heavy atom. The largest absolute Gasteiger partial charge is 0.381 e. The molecule has 33 heavy (non-hydrogen) atoms. The SMILES string of the molecule is Cc1ccc(S(=O)(=O)NC23CC(C(=O)N(C)C)(C2)C3)cc1-c1cnc(N)c(-n2cncn2)n1. The van der Waals surface area contributed by atoms with Gasteiger partial charge in [-0.15, -0.1) is 0 Å².